The van der Waals surface area contributed by atoms with Crippen LogP contribution < -0.4 is 0 Å². The monoisotopic (exact) mass is 1920 g/mol. The highest BCUT2D eigenvalue weighted by atomic mass is 32.1. The predicted octanol–water partition coefficient (Wildman–Crippen LogP) is 34.6. The van der Waals surface area contributed by atoms with Crippen molar-refractivity contribution in [2.45, 2.75) is 292 Å². The molecule has 0 spiro atoms. The lowest BCUT2D eigenvalue weighted by atomic mass is 9.68. The molecule has 0 unspecified atom stereocenters. The van der Waals surface area contributed by atoms with E-state index in [9.17, 15) is 0 Å². The highest BCUT2D eigenvalue weighted by molar-refractivity contribution is 7.30. The highest BCUT2D eigenvalue weighted by Crippen LogP contribution is 2.58. The van der Waals surface area contributed by atoms with Gasteiger partial charge in [0.25, 0.3) is 0 Å². The first-order valence-corrected chi connectivity index (χ1v) is 57.2. The van der Waals surface area contributed by atoms with Crippen LogP contribution in [-0.2, 0) is 79.8 Å². The third-order valence-electron chi connectivity index (χ3n) is 27.1. The van der Waals surface area contributed by atoms with Crippen LogP contribution in [-0.4, -0.2) is 114 Å². The highest BCUT2D eigenvalue weighted by Gasteiger charge is 2.44. The van der Waals surface area contributed by atoms with Crippen molar-refractivity contribution in [3.8, 4) is 101 Å². The number of aromatic nitrogens is 2. The van der Waals surface area contributed by atoms with Gasteiger partial charge in [-0.15, -0.1) is 90.7 Å². The summed E-state index contributed by atoms with van der Waals surface area (Å²) in [5.74, 6) is 0. The van der Waals surface area contributed by atoms with Crippen LogP contribution in [0.3, 0.4) is 0 Å². The number of hydrogen-bond acceptors (Lipinski definition) is 19. The van der Waals surface area contributed by atoms with E-state index in [0.29, 0.717) is 79.3 Å². The zero-order valence-electron chi connectivity index (χ0n) is 80.4. The van der Waals surface area contributed by atoms with Crippen LogP contribution in [0.1, 0.15) is 294 Å². The summed E-state index contributed by atoms with van der Waals surface area (Å²) in [4.78, 5) is 20.8. The normalized spacial score (nSPS) is 12.8. The minimum atomic E-state index is -0.0303. The molecule has 12 aromatic rings. The molecule has 9 heterocycles. The second-order valence-corrected chi connectivity index (χ2v) is 45.2. The first-order valence-electron chi connectivity index (χ1n) is 49.9. The molecular formula is C111H148N2O8S9. The van der Waals surface area contributed by atoms with Crippen LogP contribution in [0.15, 0.2) is 121 Å². The minimum Gasteiger partial charge on any atom is -0.379 e. The van der Waals surface area contributed by atoms with Gasteiger partial charge in [0.1, 0.15) is 11.0 Å². The molecule has 13 rings (SSSR count). The summed E-state index contributed by atoms with van der Waals surface area (Å²) in [5, 5.41) is 0. The molecule has 9 aromatic heterocycles. The predicted molar refractivity (Wildman–Crippen MR) is 568 cm³/mol. The summed E-state index contributed by atoms with van der Waals surface area (Å²) < 4.78 is 59.5. The molecule has 10 nitrogen and oxygen atoms in total. The summed E-state index contributed by atoms with van der Waals surface area (Å²) in [5.41, 5.74) is 18.6. The van der Waals surface area contributed by atoms with Gasteiger partial charge in [-0.3, -0.25) is 0 Å². The van der Waals surface area contributed by atoms with Crippen molar-refractivity contribution in [1.29, 1.82) is 0 Å². The van der Waals surface area contributed by atoms with Crippen LogP contribution in [0, 0.1) is 0 Å². The summed E-state index contributed by atoms with van der Waals surface area (Å²) in [6, 6.07) is 48.8. The fourth-order valence-electron chi connectivity index (χ4n) is 18.0. The topological polar surface area (TPSA) is 99.6 Å². The first-order chi connectivity index (χ1) is 63.8. The van der Waals surface area contributed by atoms with Gasteiger partial charge in [0, 0.05) is 126 Å². The van der Waals surface area contributed by atoms with E-state index in [0.717, 1.165) is 151 Å². The van der Waals surface area contributed by atoms with E-state index >= 15 is 0 Å². The number of rotatable bonds is 65. The molecule has 704 valence electrons. The van der Waals surface area contributed by atoms with E-state index in [4.69, 9.17) is 46.6 Å². The molecule has 0 N–H and O–H groups in total. The third-order valence-corrected chi connectivity index (χ3v) is 38.2. The zero-order valence-corrected chi connectivity index (χ0v) is 87.8. The van der Waals surface area contributed by atoms with Gasteiger partial charge >= 0.3 is 0 Å². The van der Waals surface area contributed by atoms with Gasteiger partial charge in [0.15, 0.2) is 0 Å². The maximum atomic E-state index is 6.44. The van der Waals surface area contributed by atoms with Gasteiger partial charge in [-0.1, -0.05) is 228 Å². The smallest absolute Gasteiger partial charge is 0.114 e. The van der Waals surface area contributed by atoms with Crippen LogP contribution in [0.25, 0.3) is 112 Å². The van der Waals surface area contributed by atoms with Gasteiger partial charge in [-0.25, -0.2) is 0 Å². The Morgan fingerprint density at radius 1 is 0.262 bits per heavy atom. The summed E-state index contributed by atoms with van der Waals surface area (Å²) in [6.07, 6.45) is 34.6. The molecule has 19 heteroatoms. The molecule has 0 aliphatic heterocycles. The van der Waals surface area contributed by atoms with Crippen molar-refractivity contribution in [1.82, 2.24) is 8.75 Å². The molecule has 130 heavy (non-hydrogen) atoms. The Morgan fingerprint density at radius 3 is 0.962 bits per heavy atom. The Labute approximate surface area is 816 Å². The lowest BCUT2D eigenvalue weighted by Gasteiger charge is -2.35. The fourth-order valence-corrected chi connectivity index (χ4v) is 28.5. The van der Waals surface area contributed by atoms with E-state index in [2.05, 4.69) is 204 Å². The van der Waals surface area contributed by atoms with E-state index in [1.807, 2.05) is 90.7 Å². The summed E-state index contributed by atoms with van der Waals surface area (Å²) in [7, 11) is 0. The largest absolute Gasteiger partial charge is 0.379 e. The molecule has 3 aromatic carbocycles. The fraction of sp³-hybridized carbons (Fsp3) is 0.550. The molecule has 1 aliphatic carbocycles. The van der Waals surface area contributed by atoms with Crippen molar-refractivity contribution in [2.75, 3.05) is 106 Å². The summed E-state index contributed by atoms with van der Waals surface area (Å²) >= 11 is 16.7. The van der Waals surface area contributed by atoms with E-state index in [1.165, 1.54) is 224 Å². The number of unbranched alkanes of at least 4 members (excludes halogenated alkanes) is 14. The van der Waals surface area contributed by atoms with E-state index < -0.39 is 0 Å². The Kier molecular flexibility index (Phi) is 41.6. The second-order valence-electron chi connectivity index (χ2n) is 36.1. The molecule has 0 radical (unpaired) electrons. The summed E-state index contributed by atoms with van der Waals surface area (Å²) in [6.45, 7) is 38.4. The van der Waals surface area contributed by atoms with E-state index in [-0.39, 0.29) is 16.2 Å². The maximum absolute atomic E-state index is 6.44. The van der Waals surface area contributed by atoms with Crippen LogP contribution in [0.2, 0.25) is 0 Å². The van der Waals surface area contributed by atoms with Gasteiger partial charge in [0.2, 0.25) is 0 Å². The van der Waals surface area contributed by atoms with Crippen molar-refractivity contribution in [3.63, 3.8) is 0 Å². The van der Waals surface area contributed by atoms with E-state index in [1.54, 1.807) is 11.1 Å². The quantitative estimate of drug-likeness (QED) is 0.0343. The molecule has 1 aliphatic rings. The number of benzene rings is 3. The van der Waals surface area contributed by atoms with Crippen LogP contribution in [0.5, 0.6) is 0 Å². The van der Waals surface area contributed by atoms with Gasteiger partial charge in [-0.05, 0) is 230 Å². The minimum absolute atomic E-state index is 0.0303. The molecule has 0 atom stereocenters. The number of ether oxygens (including phenoxy) is 8. The lowest BCUT2D eigenvalue weighted by molar-refractivity contribution is 0.0479. The first kappa shape index (κ1) is 102. The molecule has 0 fully saturated rings. The Hall–Kier alpha value is -5.24. The third kappa shape index (κ3) is 26.6. The second kappa shape index (κ2) is 52.9. The van der Waals surface area contributed by atoms with Crippen LogP contribution in [0.4, 0.5) is 0 Å². The van der Waals surface area contributed by atoms with Gasteiger partial charge in [0.05, 0.1) is 91.0 Å². The van der Waals surface area contributed by atoms with Gasteiger partial charge in [-0.2, -0.15) is 8.75 Å². The van der Waals surface area contributed by atoms with Gasteiger partial charge < -0.3 is 37.9 Å². The zero-order chi connectivity index (χ0) is 90.9. The molecule has 0 saturated heterocycles. The van der Waals surface area contributed by atoms with Crippen LogP contribution >= 0.6 is 102 Å². The Balaban J connectivity index is 0.800. The maximum Gasteiger partial charge on any atom is 0.114 e. The van der Waals surface area contributed by atoms with Crippen molar-refractivity contribution < 1.29 is 37.9 Å². The molecular weight excluding hydrogens is 1780 g/mol. The van der Waals surface area contributed by atoms with Crippen molar-refractivity contribution in [3.05, 3.63) is 165 Å². The van der Waals surface area contributed by atoms with Crippen molar-refractivity contribution in [2.24, 2.45) is 0 Å². The average Bonchev–Trinajstić information content (AvgIpc) is 1.55. The molecule has 0 saturated carbocycles. The number of fused-ring (bicyclic) bond motifs is 4. The average molecular weight is 1930 g/mol. The standard InChI is InChI=1S/C111H148N2O8S9/c1-13-23-29-31-33-35-55-111(56-36-34-32-30-24-14-2)89-73-79(37-39-85(89)86-40-38-84(78-90(86)111)109(11,19-7)20-8)99-74-80(51-61-118-69-65-114-57-25-15-3)105(126-99)95-47-43-91(122-95)92-44-48-96(123-92)106-81(52-62-119-70-66-115-58-26-16-4)75-100(127-106)87-41-42-88(104-103(87)112-130-113-104)101-76-82(53-63-120-71-67-116-59-27-17-5)107(128-101)97-49-45-93(124-97)94-46-50-98(125-94)108-83(54-64-121-72-68-117-60-28-18-6)77-102(129-108)110(12,21-9)22-10/h37-50,73-78H,13-36,51-72H2,1-12H3. The Morgan fingerprint density at radius 2 is 0.577 bits per heavy atom. The number of hydrogen-bond donors (Lipinski definition) is 0. The number of thiophene rings is 8. The molecule has 0 bridgehead atoms. The SMILES string of the molecule is CCCCCCCCC1(CCCCCCCC)c2cc(-c3cc(CCOCCOCCCC)c(-c4ccc(-c5ccc(-c6sc(-c7ccc(-c8cc(CCOCCOCCCC)c(-c9ccc(-c%10ccc(-c%11sc(C(C)(CC)CC)cc%11CCOCCOCCCC)s%10)s9)s8)c8nsnc78)cc6CCOCCOCCCC)s5)s4)s3)ccc2-c2ccc(C(C)(CC)CC)cc21. The molecule has 0 amide bonds. The lowest BCUT2D eigenvalue weighted by Crippen LogP contribution is -2.27. The number of nitrogens with zero attached hydrogens (tertiary/aromatic N) is 2. The van der Waals surface area contributed by atoms with Crippen molar-refractivity contribution >= 4 is 113 Å². The Bertz CT molecular complexity index is 5320.